The molecule has 21 heavy (non-hydrogen) atoms. The number of aromatic nitrogens is 3. The van der Waals surface area contributed by atoms with E-state index in [2.05, 4.69) is 10.1 Å². The summed E-state index contributed by atoms with van der Waals surface area (Å²) in [6, 6.07) is 9.20. The summed E-state index contributed by atoms with van der Waals surface area (Å²) in [4.78, 5) is 4.44. The fourth-order valence-corrected chi connectivity index (χ4v) is 2.12. The number of ether oxygens (including phenoxy) is 1. The molecule has 106 valence electrons. The number of nitrogens with two attached hydrogens (primary N) is 1. The van der Waals surface area contributed by atoms with Gasteiger partial charge in [0.1, 0.15) is 5.84 Å². The van der Waals surface area contributed by atoms with Crippen molar-refractivity contribution in [3.05, 3.63) is 48.3 Å². The van der Waals surface area contributed by atoms with E-state index < -0.39 is 0 Å². The second-order valence-corrected chi connectivity index (χ2v) is 4.57. The first-order valence-electron chi connectivity index (χ1n) is 6.62. The Kier molecular flexibility index (Phi) is 3.27. The first kappa shape index (κ1) is 13.1. The molecule has 1 aromatic carbocycles. The Hall–Kier alpha value is -2.89. The van der Waals surface area contributed by atoms with Gasteiger partial charge < -0.3 is 10.5 Å². The van der Waals surface area contributed by atoms with Crippen LogP contribution in [0.5, 0.6) is 11.6 Å². The molecule has 2 heterocycles. The number of pyridine rings is 1. The highest BCUT2D eigenvalue weighted by Crippen LogP contribution is 2.25. The first-order chi connectivity index (χ1) is 10.2. The van der Waals surface area contributed by atoms with Gasteiger partial charge in [0.15, 0.2) is 5.75 Å². The maximum atomic E-state index is 7.71. The number of hydrogen-bond donors (Lipinski definition) is 2. The van der Waals surface area contributed by atoms with E-state index in [0.717, 1.165) is 17.4 Å². The molecule has 0 bridgehead atoms. The third-order valence-corrected chi connectivity index (χ3v) is 3.14. The van der Waals surface area contributed by atoms with Crippen molar-refractivity contribution in [1.29, 1.82) is 5.41 Å². The average molecular weight is 281 g/mol. The minimum absolute atomic E-state index is 0.0114. The van der Waals surface area contributed by atoms with Gasteiger partial charge >= 0.3 is 0 Å². The van der Waals surface area contributed by atoms with Gasteiger partial charge in [-0.3, -0.25) is 10.1 Å². The molecular formula is C15H15N5O. The largest absolute Gasteiger partial charge is 0.436 e. The topological polar surface area (TPSA) is 89.8 Å². The number of amidine groups is 1. The molecular weight excluding hydrogens is 266 g/mol. The van der Waals surface area contributed by atoms with Crippen molar-refractivity contribution in [1.82, 2.24) is 14.8 Å². The molecule has 0 unspecified atom stereocenters. The Labute approximate surface area is 121 Å². The fourth-order valence-electron chi connectivity index (χ4n) is 2.12. The predicted molar refractivity (Wildman–Crippen MR) is 80.7 cm³/mol. The summed E-state index contributed by atoms with van der Waals surface area (Å²) in [6.45, 7) is 2.77. The number of fused-ring (bicyclic) bond motifs is 1. The van der Waals surface area contributed by atoms with Crippen molar-refractivity contribution < 1.29 is 4.74 Å². The molecule has 0 saturated heterocycles. The van der Waals surface area contributed by atoms with Gasteiger partial charge in [0.25, 0.3) is 0 Å². The number of benzene rings is 1. The number of hydrogen-bond acceptors (Lipinski definition) is 4. The number of nitrogens with zero attached hydrogens (tertiary/aromatic N) is 3. The summed E-state index contributed by atoms with van der Waals surface area (Å²) in [6.07, 6.45) is 3.43. The van der Waals surface area contributed by atoms with Crippen LogP contribution in [0.4, 0.5) is 0 Å². The molecule has 0 radical (unpaired) electrons. The predicted octanol–water partition coefficient (Wildman–Crippen LogP) is 2.53. The lowest BCUT2D eigenvalue weighted by molar-refractivity contribution is 0.464. The molecule has 0 aliphatic rings. The van der Waals surface area contributed by atoms with Crippen LogP contribution < -0.4 is 10.5 Å². The van der Waals surface area contributed by atoms with Gasteiger partial charge in [-0.1, -0.05) is 18.2 Å². The van der Waals surface area contributed by atoms with Crippen LogP contribution in [0.2, 0.25) is 0 Å². The Balaban J connectivity index is 2.04. The Morgan fingerprint density at radius 2 is 2.19 bits per heavy atom. The van der Waals surface area contributed by atoms with E-state index in [1.165, 1.54) is 0 Å². The Morgan fingerprint density at radius 1 is 1.38 bits per heavy atom. The van der Waals surface area contributed by atoms with Gasteiger partial charge in [0, 0.05) is 23.6 Å². The number of nitrogens with one attached hydrogen (secondary N) is 1. The van der Waals surface area contributed by atoms with Gasteiger partial charge in [-0.05, 0) is 13.0 Å². The molecule has 0 atom stereocenters. The van der Waals surface area contributed by atoms with Crippen LogP contribution in [-0.2, 0) is 6.54 Å². The summed E-state index contributed by atoms with van der Waals surface area (Å²) >= 11 is 0. The minimum Gasteiger partial charge on any atom is -0.436 e. The van der Waals surface area contributed by atoms with E-state index in [0.29, 0.717) is 17.2 Å². The zero-order valence-corrected chi connectivity index (χ0v) is 11.6. The van der Waals surface area contributed by atoms with Crippen LogP contribution in [-0.4, -0.2) is 20.6 Å². The molecule has 0 aliphatic heterocycles. The van der Waals surface area contributed by atoms with E-state index in [1.54, 1.807) is 23.1 Å². The SMILES string of the molecule is CCn1cc(Oc2cc(C(=N)N)c3ccccc3n2)cn1. The quantitative estimate of drug-likeness (QED) is 0.568. The second kappa shape index (κ2) is 5.24. The van der Waals surface area contributed by atoms with Crippen molar-refractivity contribution in [3.8, 4) is 11.6 Å². The highest BCUT2D eigenvalue weighted by Gasteiger charge is 2.10. The molecule has 6 heteroatoms. The molecule has 0 amide bonds. The van der Waals surface area contributed by atoms with E-state index in [9.17, 15) is 0 Å². The van der Waals surface area contributed by atoms with E-state index in [4.69, 9.17) is 15.9 Å². The van der Waals surface area contributed by atoms with Crippen LogP contribution in [0.1, 0.15) is 12.5 Å². The number of para-hydroxylation sites is 1. The van der Waals surface area contributed by atoms with Gasteiger partial charge in [-0.25, -0.2) is 4.98 Å². The van der Waals surface area contributed by atoms with Crippen molar-refractivity contribution in [3.63, 3.8) is 0 Å². The zero-order chi connectivity index (χ0) is 14.8. The average Bonchev–Trinajstić information content (AvgIpc) is 2.94. The second-order valence-electron chi connectivity index (χ2n) is 4.57. The van der Waals surface area contributed by atoms with Crippen molar-refractivity contribution in [2.24, 2.45) is 5.73 Å². The van der Waals surface area contributed by atoms with E-state index in [1.807, 2.05) is 31.2 Å². The third-order valence-electron chi connectivity index (χ3n) is 3.14. The summed E-state index contributed by atoms with van der Waals surface area (Å²) in [5.41, 5.74) is 7.00. The maximum absolute atomic E-state index is 7.71. The van der Waals surface area contributed by atoms with Gasteiger partial charge in [0.2, 0.25) is 5.88 Å². The lowest BCUT2D eigenvalue weighted by atomic mass is 10.1. The van der Waals surface area contributed by atoms with E-state index in [-0.39, 0.29) is 5.84 Å². The highest BCUT2D eigenvalue weighted by atomic mass is 16.5. The maximum Gasteiger partial charge on any atom is 0.220 e. The van der Waals surface area contributed by atoms with Crippen molar-refractivity contribution in [2.45, 2.75) is 13.5 Å². The standard InChI is InChI=1S/C15H15N5O/c1-2-20-9-10(8-18-20)21-14-7-12(15(16)17)11-5-3-4-6-13(11)19-14/h3-9H,2H2,1H3,(H3,16,17). The van der Waals surface area contributed by atoms with Crippen LogP contribution in [0.25, 0.3) is 10.9 Å². The van der Waals surface area contributed by atoms with Crippen LogP contribution >= 0.6 is 0 Å². The van der Waals surface area contributed by atoms with Crippen molar-refractivity contribution in [2.75, 3.05) is 0 Å². The van der Waals surface area contributed by atoms with Crippen LogP contribution in [0, 0.1) is 5.41 Å². The summed E-state index contributed by atoms with van der Waals surface area (Å²) in [5, 5.41) is 12.7. The third kappa shape index (κ3) is 2.55. The van der Waals surface area contributed by atoms with Gasteiger partial charge in [-0.15, -0.1) is 0 Å². The Morgan fingerprint density at radius 3 is 2.90 bits per heavy atom. The fraction of sp³-hybridized carbons (Fsp3) is 0.133. The number of rotatable bonds is 4. The monoisotopic (exact) mass is 281 g/mol. The summed E-state index contributed by atoms with van der Waals surface area (Å²) in [7, 11) is 0. The molecule has 3 N–H and O–H groups in total. The minimum atomic E-state index is -0.0114. The normalized spacial score (nSPS) is 10.7. The smallest absolute Gasteiger partial charge is 0.220 e. The Bertz CT molecular complexity index is 809. The molecule has 0 spiro atoms. The van der Waals surface area contributed by atoms with Crippen LogP contribution in [0.3, 0.4) is 0 Å². The van der Waals surface area contributed by atoms with Gasteiger partial charge in [0.05, 0.1) is 17.9 Å². The molecule has 3 rings (SSSR count). The molecule has 6 nitrogen and oxygen atoms in total. The summed E-state index contributed by atoms with van der Waals surface area (Å²) < 4.78 is 7.48. The summed E-state index contributed by atoms with van der Waals surface area (Å²) in [5.74, 6) is 0.992. The first-order valence-corrected chi connectivity index (χ1v) is 6.62. The molecule has 0 saturated carbocycles. The van der Waals surface area contributed by atoms with Crippen LogP contribution in [0.15, 0.2) is 42.7 Å². The molecule has 0 aliphatic carbocycles. The number of nitrogen functional groups attached to an aromatic ring is 1. The lowest BCUT2D eigenvalue weighted by Gasteiger charge is -2.08. The van der Waals surface area contributed by atoms with Crippen molar-refractivity contribution >= 4 is 16.7 Å². The molecule has 2 aromatic heterocycles. The number of aryl methyl sites for hydroxylation is 1. The molecule has 3 aromatic rings. The molecule has 0 fully saturated rings. The van der Waals surface area contributed by atoms with E-state index >= 15 is 0 Å². The van der Waals surface area contributed by atoms with Gasteiger partial charge in [-0.2, -0.15) is 5.10 Å². The highest BCUT2D eigenvalue weighted by molar-refractivity contribution is 6.06. The zero-order valence-electron chi connectivity index (χ0n) is 11.6. The lowest BCUT2D eigenvalue weighted by Crippen LogP contribution is -2.12.